The Morgan fingerprint density at radius 3 is 3.17 bits per heavy atom. The van der Waals surface area contributed by atoms with Crippen molar-refractivity contribution in [2.24, 2.45) is 0 Å². The van der Waals surface area contributed by atoms with E-state index in [-0.39, 0.29) is 18.1 Å². The summed E-state index contributed by atoms with van der Waals surface area (Å²) in [5.41, 5.74) is 0. The lowest BCUT2D eigenvalue weighted by Gasteiger charge is -2.29. The van der Waals surface area contributed by atoms with E-state index in [0.717, 1.165) is 13.0 Å². The molecule has 1 saturated heterocycles. The third-order valence-corrected chi connectivity index (χ3v) is 4.85. The average Bonchev–Trinajstić information content (AvgIpc) is 2.75. The Balaban J connectivity index is 1.74. The Kier molecular flexibility index (Phi) is 5.40. The highest BCUT2D eigenvalue weighted by Gasteiger charge is 2.27. The number of nitrogens with one attached hydrogen (secondary N) is 2. The van der Waals surface area contributed by atoms with Crippen LogP contribution in [0.3, 0.4) is 0 Å². The first-order chi connectivity index (χ1) is 8.66. The van der Waals surface area contributed by atoms with Crippen LogP contribution < -0.4 is 10.6 Å². The third kappa shape index (κ3) is 3.91. The first kappa shape index (κ1) is 14.2. The van der Waals surface area contributed by atoms with Gasteiger partial charge in [-0.05, 0) is 48.1 Å². The molecule has 1 aliphatic heterocycles. The van der Waals surface area contributed by atoms with Crippen LogP contribution in [0.5, 0.6) is 0 Å². The van der Waals surface area contributed by atoms with Crippen molar-refractivity contribution >= 4 is 39.8 Å². The Hall–Kier alpha value is -0.180. The highest BCUT2D eigenvalue weighted by atomic mass is 127. The van der Waals surface area contributed by atoms with E-state index < -0.39 is 0 Å². The summed E-state index contributed by atoms with van der Waals surface area (Å²) in [6, 6.07) is 3.99. The van der Waals surface area contributed by atoms with Crippen molar-refractivity contribution in [3.8, 4) is 0 Å². The molecule has 0 spiro atoms. The molecule has 6 heteroatoms. The summed E-state index contributed by atoms with van der Waals surface area (Å²) in [6.45, 7) is 4.03. The van der Waals surface area contributed by atoms with E-state index in [0.29, 0.717) is 13.2 Å². The molecule has 0 aromatic carbocycles. The quantitative estimate of drug-likeness (QED) is 0.777. The van der Waals surface area contributed by atoms with Gasteiger partial charge in [-0.15, -0.1) is 11.3 Å². The lowest BCUT2D eigenvalue weighted by atomic mass is 10.1. The third-order valence-electron chi connectivity index (χ3n) is 2.90. The second-order valence-corrected chi connectivity index (χ2v) is 7.32. The molecule has 2 atom stereocenters. The Morgan fingerprint density at radius 1 is 1.67 bits per heavy atom. The number of hydrogen-bond donors (Lipinski definition) is 2. The Morgan fingerprint density at radius 2 is 2.50 bits per heavy atom. The molecule has 1 aromatic heterocycles. The summed E-state index contributed by atoms with van der Waals surface area (Å²) in [5.74, 6) is 0.0356. The van der Waals surface area contributed by atoms with Gasteiger partial charge in [0.05, 0.1) is 15.6 Å². The summed E-state index contributed by atoms with van der Waals surface area (Å²) in [6.07, 6.45) is 0.836. The number of rotatable bonds is 4. The topological polar surface area (TPSA) is 50.4 Å². The number of morpholine rings is 1. The molecule has 0 unspecified atom stereocenters. The molecular weight excluding hydrogens is 363 g/mol. The van der Waals surface area contributed by atoms with Crippen LogP contribution in [0.2, 0.25) is 0 Å². The fourth-order valence-corrected chi connectivity index (χ4v) is 3.69. The van der Waals surface area contributed by atoms with Gasteiger partial charge in [-0.1, -0.05) is 0 Å². The molecular formula is C12H17IN2O2S. The van der Waals surface area contributed by atoms with Crippen molar-refractivity contribution in [2.45, 2.75) is 25.5 Å². The molecule has 2 N–H and O–H groups in total. The Bertz CT molecular complexity index is 411. The molecule has 2 heterocycles. The predicted octanol–water partition coefficient (Wildman–Crippen LogP) is 1.39. The van der Waals surface area contributed by atoms with Crippen LogP contribution in [0, 0.1) is 2.88 Å². The molecule has 4 nitrogen and oxygen atoms in total. The molecule has 18 heavy (non-hydrogen) atoms. The van der Waals surface area contributed by atoms with Gasteiger partial charge in [-0.25, -0.2) is 0 Å². The van der Waals surface area contributed by atoms with E-state index in [4.69, 9.17) is 4.74 Å². The van der Waals surface area contributed by atoms with Crippen LogP contribution in [0.1, 0.15) is 11.8 Å². The van der Waals surface area contributed by atoms with Crippen LogP contribution in [0.15, 0.2) is 12.1 Å². The maximum absolute atomic E-state index is 12.0. The number of halogens is 1. The smallest absolute Gasteiger partial charge is 0.239 e. The molecule has 100 valence electrons. The monoisotopic (exact) mass is 380 g/mol. The average molecular weight is 380 g/mol. The van der Waals surface area contributed by atoms with Gasteiger partial charge in [-0.3, -0.25) is 4.79 Å². The summed E-state index contributed by atoms with van der Waals surface area (Å²) in [4.78, 5) is 13.3. The van der Waals surface area contributed by atoms with E-state index in [1.54, 1.807) is 11.3 Å². The molecule has 0 bridgehead atoms. The summed E-state index contributed by atoms with van der Waals surface area (Å²) >= 11 is 4.08. The molecule has 2 rings (SSSR count). The SMILES string of the molecule is C[C@H]1OCCN[C@@H]1C(=O)NCCc1ccc(I)s1. The summed E-state index contributed by atoms with van der Waals surface area (Å²) < 4.78 is 6.74. The van der Waals surface area contributed by atoms with Crippen molar-refractivity contribution < 1.29 is 9.53 Å². The summed E-state index contributed by atoms with van der Waals surface area (Å²) in [5, 5.41) is 6.15. The van der Waals surface area contributed by atoms with Crippen LogP contribution in [0.25, 0.3) is 0 Å². The molecule has 1 aromatic rings. The lowest BCUT2D eigenvalue weighted by molar-refractivity contribution is -0.128. The zero-order valence-corrected chi connectivity index (χ0v) is 13.2. The van der Waals surface area contributed by atoms with Crippen molar-refractivity contribution in [1.82, 2.24) is 10.6 Å². The van der Waals surface area contributed by atoms with Crippen molar-refractivity contribution in [2.75, 3.05) is 19.7 Å². The molecule has 1 fully saturated rings. The van der Waals surface area contributed by atoms with Crippen LogP contribution in [0.4, 0.5) is 0 Å². The van der Waals surface area contributed by atoms with Crippen LogP contribution in [-0.2, 0) is 16.0 Å². The van der Waals surface area contributed by atoms with Crippen molar-refractivity contribution in [1.29, 1.82) is 0 Å². The normalized spacial score (nSPS) is 23.9. The van der Waals surface area contributed by atoms with E-state index in [2.05, 4.69) is 45.4 Å². The molecule has 0 aliphatic carbocycles. The van der Waals surface area contributed by atoms with Gasteiger partial charge in [0.1, 0.15) is 6.04 Å². The predicted molar refractivity (Wildman–Crippen MR) is 81.0 cm³/mol. The van der Waals surface area contributed by atoms with Gasteiger partial charge in [0.2, 0.25) is 5.91 Å². The number of ether oxygens (including phenoxy) is 1. The van der Waals surface area contributed by atoms with E-state index in [1.165, 1.54) is 7.76 Å². The van der Waals surface area contributed by atoms with E-state index in [9.17, 15) is 4.79 Å². The van der Waals surface area contributed by atoms with Gasteiger partial charge < -0.3 is 15.4 Å². The Labute approximate surface area is 125 Å². The van der Waals surface area contributed by atoms with Crippen molar-refractivity contribution in [3.05, 3.63) is 19.9 Å². The molecule has 0 radical (unpaired) electrons. The maximum Gasteiger partial charge on any atom is 0.239 e. The van der Waals surface area contributed by atoms with Gasteiger partial charge in [0.15, 0.2) is 0 Å². The van der Waals surface area contributed by atoms with Crippen molar-refractivity contribution in [3.63, 3.8) is 0 Å². The largest absolute Gasteiger partial charge is 0.375 e. The molecule has 1 amide bonds. The standard InChI is InChI=1S/C12H17IN2O2S/c1-8-11(14-6-7-17-8)12(16)15-5-4-9-2-3-10(13)18-9/h2-3,8,11,14H,4-7H2,1H3,(H,15,16)/t8-,11+/m1/s1. The lowest BCUT2D eigenvalue weighted by Crippen LogP contribution is -2.55. The number of amides is 1. The van der Waals surface area contributed by atoms with Gasteiger partial charge in [0, 0.05) is 18.0 Å². The van der Waals surface area contributed by atoms with E-state index >= 15 is 0 Å². The molecule has 0 saturated carbocycles. The summed E-state index contributed by atoms with van der Waals surface area (Å²) in [7, 11) is 0. The van der Waals surface area contributed by atoms with Gasteiger partial charge in [0.25, 0.3) is 0 Å². The minimum absolute atomic E-state index is 0.0356. The second-order valence-electron chi connectivity index (χ2n) is 4.25. The minimum Gasteiger partial charge on any atom is -0.375 e. The number of thiophene rings is 1. The van der Waals surface area contributed by atoms with E-state index in [1.807, 2.05) is 6.92 Å². The zero-order valence-electron chi connectivity index (χ0n) is 10.2. The first-order valence-corrected chi connectivity index (χ1v) is 7.93. The van der Waals surface area contributed by atoms with Gasteiger partial charge >= 0.3 is 0 Å². The fourth-order valence-electron chi connectivity index (χ4n) is 1.93. The van der Waals surface area contributed by atoms with Gasteiger partial charge in [-0.2, -0.15) is 0 Å². The molecule has 1 aliphatic rings. The zero-order chi connectivity index (χ0) is 13.0. The number of carbonyl (C=O) groups is 1. The fraction of sp³-hybridized carbons (Fsp3) is 0.583. The maximum atomic E-state index is 12.0. The van der Waals surface area contributed by atoms with Crippen LogP contribution >= 0.6 is 33.9 Å². The number of carbonyl (C=O) groups excluding carboxylic acids is 1. The first-order valence-electron chi connectivity index (χ1n) is 6.04. The highest BCUT2D eigenvalue weighted by molar-refractivity contribution is 14.1. The number of hydrogen-bond acceptors (Lipinski definition) is 4. The second kappa shape index (κ2) is 6.83. The highest BCUT2D eigenvalue weighted by Crippen LogP contribution is 2.18. The van der Waals surface area contributed by atoms with Crippen LogP contribution in [-0.4, -0.2) is 37.7 Å². The minimum atomic E-state index is -0.220.